The Hall–Kier alpha value is -1.10. The van der Waals surface area contributed by atoms with Crippen molar-refractivity contribution in [2.24, 2.45) is 0 Å². The Labute approximate surface area is 103 Å². The summed E-state index contributed by atoms with van der Waals surface area (Å²) in [7, 11) is 5.35. The molecule has 0 aromatic rings. The highest BCUT2D eigenvalue weighted by molar-refractivity contribution is 5.88. The third-order valence-electron chi connectivity index (χ3n) is 3.12. The summed E-state index contributed by atoms with van der Waals surface area (Å²) in [4.78, 5) is 27.2. The van der Waals surface area contributed by atoms with Gasteiger partial charge in [0.25, 0.3) is 0 Å². The first kappa shape index (κ1) is 14.0. The minimum atomic E-state index is -0.230. The molecule has 1 aliphatic rings. The molecule has 1 unspecified atom stereocenters. The van der Waals surface area contributed by atoms with Crippen molar-refractivity contribution < 1.29 is 9.59 Å². The maximum Gasteiger partial charge on any atom is 0.244 e. The van der Waals surface area contributed by atoms with Crippen LogP contribution in [0.5, 0.6) is 0 Å². The number of likely N-dealkylation sites (tertiary alicyclic amines) is 1. The van der Waals surface area contributed by atoms with Gasteiger partial charge < -0.3 is 15.1 Å². The fourth-order valence-electron chi connectivity index (χ4n) is 2.18. The van der Waals surface area contributed by atoms with Crippen LogP contribution in [0.2, 0.25) is 0 Å². The van der Waals surface area contributed by atoms with Crippen LogP contribution in [0.1, 0.15) is 25.7 Å². The largest absolute Gasteiger partial charge is 0.347 e. The van der Waals surface area contributed by atoms with Gasteiger partial charge in [0.15, 0.2) is 0 Å². The Morgan fingerprint density at radius 2 is 2.12 bits per heavy atom. The van der Waals surface area contributed by atoms with Crippen molar-refractivity contribution in [3.8, 4) is 0 Å². The van der Waals surface area contributed by atoms with Crippen LogP contribution < -0.4 is 5.32 Å². The number of nitrogens with zero attached hydrogens (tertiary/aromatic N) is 2. The van der Waals surface area contributed by atoms with Gasteiger partial charge in [0.05, 0.1) is 0 Å². The second-order valence-corrected chi connectivity index (χ2v) is 4.68. The Kier molecular flexibility index (Phi) is 5.41. The molecule has 1 rings (SSSR count). The van der Waals surface area contributed by atoms with E-state index in [0.717, 1.165) is 32.4 Å². The summed E-state index contributed by atoms with van der Waals surface area (Å²) in [5.41, 5.74) is 0. The van der Waals surface area contributed by atoms with Crippen molar-refractivity contribution in [1.29, 1.82) is 0 Å². The van der Waals surface area contributed by atoms with Crippen LogP contribution in [0.3, 0.4) is 0 Å². The van der Waals surface area contributed by atoms with E-state index in [1.807, 2.05) is 7.05 Å². The van der Waals surface area contributed by atoms with E-state index >= 15 is 0 Å². The molecular weight excluding hydrogens is 218 g/mol. The van der Waals surface area contributed by atoms with Gasteiger partial charge in [-0.2, -0.15) is 0 Å². The quantitative estimate of drug-likeness (QED) is 0.693. The lowest BCUT2D eigenvalue weighted by atomic mass is 10.2. The lowest BCUT2D eigenvalue weighted by Crippen LogP contribution is -2.45. The van der Waals surface area contributed by atoms with Crippen LogP contribution in [-0.4, -0.2) is 61.9 Å². The van der Waals surface area contributed by atoms with Crippen LogP contribution in [0.25, 0.3) is 0 Å². The Bertz CT molecular complexity index is 279. The van der Waals surface area contributed by atoms with Crippen LogP contribution in [0.4, 0.5) is 0 Å². The van der Waals surface area contributed by atoms with Crippen LogP contribution in [0.15, 0.2) is 0 Å². The summed E-state index contributed by atoms with van der Waals surface area (Å²) in [6.45, 7) is 1.56. The van der Waals surface area contributed by atoms with E-state index in [1.54, 1.807) is 23.9 Å². The summed E-state index contributed by atoms with van der Waals surface area (Å²) in [6, 6.07) is -0.230. The predicted octanol–water partition coefficient (Wildman–Crippen LogP) is 0.0652. The minimum absolute atomic E-state index is 0.0458. The molecule has 0 radical (unpaired) electrons. The van der Waals surface area contributed by atoms with E-state index in [4.69, 9.17) is 0 Å². The maximum absolute atomic E-state index is 12.0. The summed E-state index contributed by atoms with van der Waals surface area (Å²) in [5.74, 6) is 0.155. The first-order valence-corrected chi connectivity index (χ1v) is 6.23. The molecule has 1 fully saturated rings. The Morgan fingerprint density at radius 3 is 2.71 bits per heavy atom. The maximum atomic E-state index is 12.0. The standard InChI is InChI=1S/C12H23N3O2/c1-13-8-4-7-11(16)15-9-5-6-10(15)12(17)14(2)3/h10,13H,4-9H2,1-3H3. The van der Waals surface area contributed by atoms with E-state index in [2.05, 4.69) is 5.32 Å². The second kappa shape index (κ2) is 6.59. The lowest BCUT2D eigenvalue weighted by molar-refractivity contribution is -0.142. The van der Waals surface area contributed by atoms with Crippen LogP contribution in [0, 0.1) is 0 Å². The first-order chi connectivity index (χ1) is 8.07. The van der Waals surface area contributed by atoms with Gasteiger partial charge in [-0.25, -0.2) is 0 Å². The van der Waals surface area contributed by atoms with E-state index in [-0.39, 0.29) is 17.9 Å². The number of hydrogen-bond donors (Lipinski definition) is 1. The van der Waals surface area contributed by atoms with Gasteiger partial charge in [-0.3, -0.25) is 9.59 Å². The number of likely N-dealkylation sites (N-methyl/N-ethyl adjacent to an activating group) is 1. The minimum Gasteiger partial charge on any atom is -0.347 e. The van der Waals surface area contributed by atoms with E-state index in [0.29, 0.717) is 6.42 Å². The molecule has 17 heavy (non-hydrogen) atoms. The monoisotopic (exact) mass is 241 g/mol. The van der Waals surface area contributed by atoms with Crippen molar-refractivity contribution in [3.05, 3.63) is 0 Å². The zero-order chi connectivity index (χ0) is 12.8. The fraction of sp³-hybridized carbons (Fsp3) is 0.833. The molecule has 0 saturated carbocycles. The van der Waals surface area contributed by atoms with Gasteiger partial charge in [-0.15, -0.1) is 0 Å². The molecule has 0 bridgehead atoms. The molecule has 0 spiro atoms. The Balaban J connectivity index is 2.51. The lowest BCUT2D eigenvalue weighted by Gasteiger charge is -2.26. The van der Waals surface area contributed by atoms with E-state index < -0.39 is 0 Å². The number of carbonyl (C=O) groups excluding carboxylic acids is 2. The SMILES string of the molecule is CNCCCC(=O)N1CCCC1C(=O)N(C)C. The summed E-state index contributed by atoms with van der Waals surface area (Å²) >= 11 is 0. The van der Waals surface area contributed by atoms with Crippen LogP contribution >= 0.6 is 0 Å². The number of amides is 2. The molecule has 2 amide bonds. The van der Waals surface area contributed by atoms with Crippen molar-refractivity contribution in [2.45, 2.75) is 31.7 Å². The zero-order valence-corrected chi connectivity index (χ0v) is 11.0. The normalized spacial score (nSPS) is 19.5. The van der Waals surface area contributed by atoms with Gasteiger partial charge in [0.2, 0.25) is 11.8 Å². The highest BCUT2D eigenvalue weighted by atomic mass is 16.2. The average Bonchev–Trinajstić information content (AvgIpc) is 2.76. The molecule has 1 saturated heterocycles. The smallest absolute Gasteiger partial charge is 0.244 e. The highest BCUT2D eigenvalue weighted by Crippen LogP contribution is 2.20. The predicted molar refractivity (Wildman–Crippen MR) is 66.6 cm³/mol. The fourth-order valence-corrected chi connectivity index (χ4v) is 2.18. The number of hydrogen-bond acceptors (Lipinski definition) is 3. The van der Waals surface area contributed by atoms with Gasteiger partial charge in [0.1, 0.15) is 6.04 Å². The molecule has 5 nitrogen and oxygen atoms in total. The second-order valence-electron chi connectivity index (χ2n) is 4.68. The molecule has 1 aliphatic heterocycles. The van der Waals surface area contributed by atoms with E-state index in [1.165, 1.54) is 0 Å². The number of nitrogens with one attached hydrogen (secondary N) is 1. The third-order valence-corrected chi connectivity index (χ3v) is 3.12. The van der Waals surface area contributed by atoms with Crippen molar-refractivity contribution >= 4 is 11.8 Å². The topological polar surface area (TPSA) is 52.7 Å². The van der Waals surface area contributed by atoms with Crippen molar-refractivity contribution in [2.75, 3.05) is 34.2 Å². The first-order valence-electron chi connectivity index (χ1n) is 6.23. The van der Waals surface area contributed by atoms with Crippen LogP contribution in [-0.2, 0) is 9.59 Å². The summed E-state index contributed by atoms with van der Waals surface area (Å²) < 4.78 is 0. The molecule has 98 valence electrons. The third kappa shape index (κ3) is 3.70. The summed E-state index contributed by atoms with van der Waals surface area (Å²) in [6.07, 6.45) is 3.09. The number of carbonyl (C=O) groups is 2. The van der Waals surface area contributed by atoms with E-state index in [9.17, 15) is 9.59 Å². The molecule has 1 heterocycles. The van der Waals surface area contributed by atoms with Gasteiger partial charge in [0, 0.05) is 27.1 Å². The average molecular weight is 241 g/mol. The molecular formula is C12H23N3O2. The molecule has 5 heteroatoms. The van der Waals surface area contributed by atoms with Gasteiger partial charge >= 0.3 is 0 Å². The zero-order valence-electron chi connectivity index (χ0n) is 11.0. The Morgan fingerprint density at radius 1 is 1.41 bits per heavy atom. The van der Waals surface area contributed by atoms with Gasteiger partial charge in [-0.1, -0.05) is 0 Å². The highest BCUT2D eigenvalue weighted by Gasteiger charge is 2.34. The van der Waals surface area contributed by atoms with Crippen molar-refractivity contribution in [1.82, 2.24) is 15.1 Å². The van der Waals surface area contributed by atoms with Crippen molar-refractivity contribution in [3.63, 3.8) is 0 Å². The molecule has 0 aromatic heterocycles. The molecule has 1 N–H and O–H groups in total. The van der Waals surface area contributed by atoms with Gasteiger partial charge in [-0.05, 0) is 32.9 Å². The molecule has 0 aromatic carbocycles. The molecule has 0 aliphatic carbocycles. The number of rotatable bonds is 5. The molecule has 1 atom stereocenters. The summed E-state index contributed by atoms with van der Waals surface area (Å²) in [5, 5.41) is 3.02.